The van der Waals surface area contributed by atoms with Crippen molar-refractivity contribution in [2.24, 2.45) is 0 Å². The highest BCUT2D eigenvalue weighted by Crippen LogP contribution is 2.29. The Hall–Kier alpha value is -2.07. The predicted octanol–water partition coefficient (Wildman–Crippen LogP) is 2.65. The number of benzene rings is 1. The van der Waals surface area contributed by atoms with Gasteiger partial charge in [0.2, 0.25) is 0 Å². The number of fused-ring (bicyclic) bond motifs is 1. The summed E-state index contributed by atoms with van der Waals surface area (Å²) in [5, 5.41) is 13.4. The van der Waals surface area contributed by atoms with E-state index in [0.717, 1.165) is 35.3 Å². The number of aliphatic hydroxyl groups is 1. The second-order valence-electron chi connectivity index (χ2n) is 5.55. The molecule has 0 bridgehead atoms. The predicted molar refractivity (Wildman–Crippen MR) is 79.3 cm³/mol. The molecule has 2 aromatic rings. The molecule has 110 valence electrons. The minimum absolute atomic E-state index is 0.0587. The van der Waals surface area contributed by atoms with Gasteiger partial charge in [-0.15, -0.1) is 0 Å². The van der Waals surface area contributed by atoms with Gasteiger partial charge in [0, 0.05) is 17.7 Å². The maximum atomic E-state index is 12.1. The van der Waals surface area contributed by atoms with Crippen LogP contribution in [-0.4, -0.2) is 17.6 Å². The molecule has 0 fully saturated rings. The van der Waals surface area contributed by atoms with Gasteiger partial charge >= 0.3 is 0 Å². The molecule has 2 heterocycles. The number of nitrogens with one attached hydrogen (secondary N) is 1. The van der Waals surface area contributed by atoms with E-state index in [0.29, 0.717) is 17.9 Å². The van der Waals surface area contributed by atoms with E-state index in [4.69, 9.17) is 4.42 Å². The van der Waals surface area contributed by atoms with Gasteiger partial charge in [-0.3, -0.25) is 4.79 Å². The smallest absolute Gasteiger partial charge is 0.251 e. The summed E-state index contributed by atoms with van der Waals surface area (Å²) in [4.78, 5) is 12.1. The Morgan fingerprint density at radius 2 is 2.10 bits per heavy atom. The van der Waals surface area contributed by atoms with Gasteiger partial charge in [-0.05, 0) is 49.9 Å². The molecule has 1 aliphatic heterocycles. The summed E-state index contributed by atoms with van der Waals surface area (Å²) in [6.07, 6.45) is 1.05. The van der Waals surface area contributed by atoms with Gasteiger partial charge in [-0.25, -0.2) is 0 Å². The van der Waals surface area contributed by atoms with Gasteiger partial charge in [0.15, 0.2) is 0 Å². The number of hydrogen-bond acceptors (Lipinski definition) is 3. The largest absolute Gasteiger partial charge is 0.466 e. The standard InChI is InChI=1S/C17H19NO3/c1-10-8-14(11(2)21-10)16(19)13-6-5-12-4-3-7-18-17(20)15(12)9-13/h5-6,8-9,16,19H,3-4,7H2,1-2H3,(H,18,20). The third kappa shape index (κ3) is 2.59. The van der Waals surface area contributed by atoms with Crippen LogP contribution in [0.3, 0.4) is 0 Å². The minimum Gasteiger partial charge on any atom is -0.466 e. The van der Waals surface area contributed by atoms with E-state index in [2.05, 4.69) is 5.32 Å². The third-order valence-corrected chi connectivity index (χ3v) is 3.98. The summed E-state index contributed by atoms with van der Waals surface area (Å²) in [7, 11) is 0. The van der Waals surface area contributed by atoms with Crippen molar-refractivity contribution in [3.63, 3.8) is 0 Å². The molecule has 1 unspecified atom stereocenters. The molecule has 0 radical (unpaired) electrons. The minimum atomic E-state index is -0.774. The molecule has 1 atom stereocenters. The molecule has 1 amide bonds. The van der Waals surface area contributed by atoms with Crippen molar-refractivity contribution >= 4 is 5.91 Å². The third-order valence-electron chi connectivity index (χ3n) is 3.98. The molecule has 1 aromatic carbocycles. The summed E-state index contributed by atoms with van der Waals surface area (Å²) in [6, 6.07) is 7.47. The molecule has 2 N–H and O–H groups in total. The molecule has 4 heteroatoms. The Morgan fingerprint density at radius 1 is 1.29 bits per heavy atom. The van der Waals surface area contributed by atoms with Gasteiger partial charge in [-0.1, -0.05) is 12.1 Å². The Bertz CT molecular complexity index is 687. The molecule has 0 saturated carbocycles. The van der Waals surface area contributed by atoms with Crippen molar-refractivity contribution in [1.29, 1.82) is 0 Å². The zero-order valence-electron chi connectivity index (χ0n) is 12.3. The molecule has 3 rings (SSSR count). The van der Waals surface area contributed by atoms with Gasteiger partial charge in [0.1, 0.15) is 17.6 Å². The molecule has 0 spiro atoms. The topological polar surface area (TPSA) is 62.5 Å². The van der Waals surface area contributed by atoms with Crippen LogP contribution in [0.4, 0.5) is 0 Å². The zero-order chi connectivity index (χ0) is 15.0. The summed E-state index contributed by atoms with van der Waals surface area (Å²) >= 11 is 0. The fourth-order valence-electron chi connectivity index (χ4n) is 2.87. The van der Waals surface area contributed by atoms with Crippen molar-refractivity contribution in [2.75, 3.05) is 6.54 Å². The lowest BCUT2D eigenvalue weighted by atomic mass is 9.95. The van der Waals surface area contributed by atoms with E-state index in [1.165, 1.54) is 0 Å². The van der Waals surface area contributed by atoms with Crippen molar-refractivity contribution in [1.82, 2.24) is 5.32 Å². The second kappa shape index (κ2) is 5.37. The second-order valence-corrected chi connectivity index (χ2v) is 5.55. The highest BCUT2D eigenvalue weighted by atomic mass is 16.3. The number of aryl methyl sites for hydroxylation is 3. The highest BCUT2D eigenvalue weighted by Gasteiger charge is 2.20. The molecule has 0 saturated heterocycles. The van der Waals surface area contributed by atoms with Crippen LogP contribution in [0.25, 0.3) is 0 Å². The Balaban J connectivity index is 2.00. The van der Waals surface area contributed by atoms with Crippen LogP contribution >= 0.6 is 0 Å². The average Bonchev–Trinajstić information content (AvgIpc) is 2.69. The van der Waals surface area contributed by atoms with E-state index in [1.807, 2.05) is 32.0 Å². The molecule has 4 nitrogen and oxygen atoms in total. The van der Waals surface area contributed by atoms with Crippen LogP contribution < -0.4 is 5.32 Å². The monoisotopic (exact) mass is 285 g/mol. The normalized spacial score (nSPS) is 16.0. The molecule has 1 aromatic heterocycles. The van der Waals surface area contributed by atoms with Crippen molar-refractivity contribution in [3.05, 3.63) is 58.0 Å². The molecule has 21 heavy (non-hydrogen) atoms. The number of amides is 1. The zero-order valence-corrected chi connectivity index (χ0v) is 12.3. The van der Waals surface area contributed by atoms with E-state index in [1.54, 1.807) is 6.07 Å². The van der Waals surface area contributed by atoms with Gasteiger partial charge < -0.3 is 14.8 Å². The first kappa shape index (κ1) is 13.9. The van der Waals surface area contributed by atoms with Gasteiger partial charge in [0.05, 0.1) is 0 Å². The molecule has 1 aliphatic rings. The number of hydrogen-bond donors (Lipinski definition) is 2. The van der Waals surface area contributed by atoms with E-state index >= 15 is 0 Å². The summed E-state index contributed by atoms with van der Waals surface area (Å²) < 4.78 is 5.47. The Kier molecular flexibility index (Phi) is 3.55. The lowest BCUT2D eigenvalue weighted by Gasteiger charge is -2.13. The number of furan rings is 1. The maximum absolute atomic E-state index is 12.1. The summed E-state index contributed by atoms with van der Waals surface area (Å²) in [5.41, 5.74) is 3.18. The quantitative estimate of drug-likeness (QED) is 0.891. The van der Waals surface area contributed by atoms with Crippen LogP contribution in [0, 0.1) is 13.8 Å². The van der Waals surface area contributed by atoms with Crippen LogP contribution in [0.1, 0.15) is 51.1 Å². The average molecular weight is 285 g/mol. The van der Waals surface area contributed by atoms with Gasteiger partial charge in [0.25, 0.3) is 5.91 Å². The summed E-state index contributed by atoms with van der Waals surface area (Å²) in [6.45, 7) is 4.39. The fraction of sp³-hybridized carbons (Fsp3) is 0.353. The molecular formula is C17H19NO3. The van der Waals surface area contributed by atoms with Crippen LogP contribution in [0.5, 0.6) is 0 Å². The molecular weight excluding hydrogens is 266 g/mol. The van der Waals surface area contributed by atoms with E-state index < -0.39 is 6.10 Å². The van der Waals surface area contributed by atoms with Crippen molar-refractivity contribution in [2.45, 2.75) is 32.8 Å². The highest BCUT2D eigenvalue weighted by molar-refractivity contribution is 5.96. The Morgan fingerprint density at radius 3 is 2.81 bits per heavy atom. The van der Waals surface area contributed by atoms with Crippen LogP contribution in [0.15, 0.2) is 28.7 Å². The van der Waals surface area contributed by atoms with Crippen LogP contribution in [-0.2, 0) is 6.42 Å². The fourth-order valence-corrected chi connectivity index (χ4v) is 2.87. The van der Waals surface area contributed by atoms with Gasteiger partial charge in [-0.2, -0.15) is 0 Å². The lowest BCUT2D eigenvalue weighted by molar-refractivity contribution is 0.0956. The maximum Gasteiger partial charge on any atom is 0.251 e. The first-order valence-corrected chi connectivity index (χ1v) is 7.22. The van der Waals surface area contributed by atoms with Crippen molar-refractivity contribution < 1.29 is 14.3 Å². The number of carbonyl (C=O) groups is 1. The van der Waals surface area contributed by atoms with Crippen LogP contribution in [0.2, 0.25) is 0 Å². The Labute approximate surface area is 123 Å². The number of rotatable bonds is 2. The number of carbonyl (C=O) groups excluding carboxylic acids is 1. The van der Waals surface area contributed by atoms with E-state index in [9.17, 15) is 9.90 Å². The van der Waals surface area contributed by atoms with E-state index in [-0.39, 0.29) is 5.91 Å². The number of aliphatic hydroxyl groups excluding tert-OH is 1. The molecule has 0 aliphatic carbocycles. The first-order valence-electron chi connectivity index (χ1n) is 7.22. The SMILES string of the molecule is Cc1cc(C(O)c2ccc3c(c2)C(=O)NCCC3)c(C)o1. The summed E-state index contributed by atoms with van der Waals surface area (Å²) in [5.74, 6) is 1.42. The first-order chi connectivity index (χ1) is 10.1. The van der Waals surface area contributed by atoms with Crippen molar-refractivity contribution in [3.8, 4) is 0 Å². The lowest BCUT2D eigenvalue weighted by Crippen LogP contribution is -2.22.